The highest BCUT2D eigenvalue weighted by Crippen LogP contribution is 2.17. The minimum Gasteiger partial charge on any atom is -0.489 e. The molecule has 10 heteroatoms. The Morgan fingerprint density at radius 1 is 1.55 bits per heavy atom. The molecular weight excluding hydrogens is 380 g/mol. The smallest absolute Gasteiger partial charge is 0.383 e. The summed E-state index contributed by atoms with van der Waals surface area (Å²) in [5.41, 5.74) is 0. The van der Waals surface area contributed by atoms with Crippen molar-refractivity contribution in [3.05, 3.63) is 44.5 Å². The van der Waals surface area contributed by atoms with E-state index in [0.717, 1.165) is 0 Å². The van der Waals surface area contributed by atoms with Gasteiger partial charge in [-0.3, -0.25) is 4.57 Å². The molecule has 0 saturated heterocycles. The number of rotatable bonds is 7. The van der Waals surface area contributed by atoms with Crippen molar-refractivity contribution in [2.24, 2.45) is 0 Å². The Labute approximate surface area is 139 Å². The summed E-state index contributed by atoms with van der Waals surface area (Å²) in [5, 5.41) is 20.5. The van der Waals surface area contributed by atoms with Gasteiger partial charge in [-0.1, -0.05) is 0 Å². The molecular formula is C12H12BrClN4O4. The molecule has 0 spiro atoms. The van der Waals surface area contributed by atoms with Gasteiger partial charge in [0.05, 0.1) is 12.3 Å². The first-order valence-corrected chi connectivity index (χ1v) is 7.42. The van der Waals surface area contributed by atoms with Gasteiger partial charge in [0.2, 0.25) is 0 Å². The average Bonchev–Trinajstić information content (AvgIpc) is 2.86. The second-order valence-electron chi connectivity index (χ2n) is 4.39. The molecule has 8 nitrogen and oxygen atoms in total. The third-order valence-corrected chi connectivity index (χ3v) is 3.52. The van der Waals surface area contributed by atoms with Gasteiger partial charge in [0.25, 0.3) is 0 Å². The number of aliphatic hydroxyl groups is 1. The Kier molecular flexibility index (Phi) is 5.69. The highest BCUT2D eigenvalue weighted by Gasteiger charge is 2.17. The van der Waals surface area contributed by atoms with Crippen molar-refractivity contribution in [2.75, 3.05) is 6.61 Å². The SMILES string of the molecule is O=[N+]([O-])c1cn(CCC(O)COc2ccc(Br)nc2)c(Cl)n1. The lowest BCUT2D eigenvalue weighted by molar-refractivity contribution is -0.389. The van der Waals surface area contributed by atoms with Crippen LogP contribution in [0.1, 0.15) is 6.42 Å². The Morgan fingerprint density at radius 3 is 2.91 bits per heavy atom. The van der Waals surface area contributed by atoms with E-state index in [9.17, 15) is 15.2 Å². The molecule has 0 amide bonds. The number of halogens is 2. The molecule has 2 aromatic rings. The number of imidazole rings is 1. The highest BCUT2D eigenvalue weighted by molar-refractivity contribution is 9.10. The molecule has 1 atom stereocenters. The number of ether oxygens (including phenoxy) is 1. The predicted octanol–water partition coefficient (Wildman–Crippen LogP) is 2.43. The Hall–Kier alpha value is -1.71. The van der Waals surface area contributed by atoms with Gasteiger partial charge < -0.3 is 20.0 Å². The van der Waals surface area contributed by atoms with Crippen LogP contribution in [0.4, 0.5) is 5.82 Å². The molecule has 0 radical (unpaired) electrons. The van der Waals surface area contributed by atoms with E-state index in [4.69, 9.17) is 16.3 Å². The summed E-state index contributed by atoms with van der Waals surface area (Å²) >= 11 is 8.99. The highest BCUT2D eigenvalue weighted by atomic mass is 79.9. The zero-order valence-corrected chi connectivity index (χ0v) is 13.6. The van der Waals surface area contributed by atoms with Crippen molar-refractivity contribution in [1.82, 2.24) is 14.5 Å². The number of nitrogens with zero attached hydrogens (tertiary/aromatic N) is 4. The van der Waals surface area contributed by atoms with E-state index in [2.05, 4.69) is 25.9 Å². The van der Waals surface area contributed by atoms with Crippen molar-refractivity contribution >= 4 is 33.3 Å². The molecule has 1 N–H and O–H groups in total. The van der Waals surface area contributed by atoms with Crippen LogP contribution in [0.5, 0.6) is 5.75 Å². The maximum Gasteiger partial charge on any atom is 0.383 e. The van der Waals surface area contributed by atoms with Crippen molar-refractivity contribution in [2.45, 2.75) is 19.1 Å². The number of aliphatic hydroxyl groups excluding tert-OH is 1. The summed E-state index contributed by atoms with van der Waals surface area (Å²) in [4.78, 5) is 17.5. The average molecular weight is 392 g/mol. The number of aryl methyl sites for hydroxylation is 1. The minimum atomic E-state index is -0.749. The quantitative estimate of drug-likeness (QED) is 0.442. The van der Waals surface area contributed by atoms with E-state index < -0.39 is 11.0 Å². The molecule has 0 bridgehead atoms. The van der Waals surface area contributed by atoms with Crippen molar-refractivity contribution < 1.29 is 14.8 Å². The topological polar surface area (TPSA) is 103 Å². The Balaban J connectivity index is 1.81. The lowest BCUT2D eigenvalue weighted by Gasteiger charge is -2.12. The van der Waals surface area contributed by atoms with Crippen molar-refractivity contribution in [3.63, 3.8) is 0 Å². The lowest BCUT2D eigenvalue weighted by atomic mass is 10.2. The van der Waals surface area contributed by atoms with Gasteiger partial charge in [0.1, 0.15) is 23.2 Å². The molecule has 118 valence electrons. The van der Waals surface area contributed by atoms with Crippen LogP contribution in [-0.4, -0.2) is 37.3 Å². The summed E-state index contributed by atoms with van der Waals surface area (Å²) in [5.74, 6) is 0.218. The number of aromatic nitrogens is 3. The molecule has 22 heavy (non-hydrogen) atoms. The summed E-state index contributed by atoms with van der Waals surface area (Å²) in [6, 6.07) is 3.45. The normalized spacial score (nSPS) is 12.1. The van der Waals surface area contributed by atoms with E-state index in [-0.39, 0.29) is 17.7 Å². The fraction of sp³-hybridized carbons (Fsp3) is 0.333. The molecule has 0 aliphatic rings. The van der Waals surface area contributed by atoms with Crippen LogP contribution in [0.15, 0.2) is 29.1 Å². The predicted molar refractivity (Wildman–Crippen MR) is 81.9 cm³/mol. The van der Waals surface area contributed by atoms with E-state index in [1.54, 1.807) is 12.1 Å². The molecule has 2 rings (SSSR count). The first kappa shape index (κ1) is 16.7. The van der Waals surface area contributed by atoms with Gasteiger partial charge in [-0.05, 0) is 56.0 Å². The maximum atomic E-state index is 10.6. The van der Waals surface area contributed by atoms with Gasteiger partial charge in [-0.15, -0.1) is 0 Å². The number of pyridine rings is 1. The molecule has 0 aliphatic heterocycles. The first-order chi connectivity index (χ1) is 10.5. The number of hydrogen-bond acceptors (Lipinski definition) is 6. The second kappa shape index (κ2) is 7.52. The third kappa shape index (κ3) is 4.65. The van der Waals surface area contributed by atoms with Crippen LogP contribution in [0.25, 0.3) is 0 Å². The lowest BCUT2D eigenvalue weighted by Crippen LogP contribution is -2.19. The molecule has 0 saturated carbocycles. The van der Waals surface area contributed by atoms with Gasteiger partial charge >= 0.3 is 11.1 Å². The summed E-state index contributed by atoms with van der Waals surface area (Å²) < 4.78 is 7.48. The van der Waals surface area contributed by atoms with Crippen LogP contribution in [0.3, 0.4) is 0 Å². The van der Waals surface area contributed by atoms with Crippen LogP contribution in [0.2, 0.25) is 5.28 Å². The maximum absolute atomic E-state index is 10.6. The first-order valence-electron chi connectivity index (χ1n) is 6.25. The van der Waals surface area contributed by atoms with E-state index >= 15 is 0 Å². The largest absolute Gasteiger partial charge is 0.489 e. The van der Waals surface area contributed by atoms with Crippen LogP contribution in [-0.2, 0) is 6.54 Å². The molecule has 0 fully saturated rings. The molecule has 2 heterocycles. The zero-order valence-electron chi connectivity index (χ0n) is 11.2. The van der Waals surface area contributed by atoms with E-state index in [1.807, 2.05) is 0 Å². The molecule has 2 aromatic heterocycles. The Bertz CT molecular complexity index is 649. The summed E-state index contributed by atoms with van der Waals surface area (Å²) in [6.07, 6.45) is 2.33. The molecule has 0 aromatic carbocycles. The summed E-state index contributed by atoms with van der Waals surface area (Å²) in [7, 11) is 0. The standard InChI is InChI=1S/C12H12BrClN4O4/c13-10-2-1-9(5-15-10)22-7-8(19)3-4-17-6-11(18(20)21)16-12(17)14/h1-2,5-6,8,19H,3-4,7H2. The van der Waals surface area contributed by atoms with Crippen molar-refractivity contribution in [3.8, 4) is 5.75 Å². The zero-order chi connectivity index (χ0) is 16.1. The second-order valence-corrected chi connectivity index (χ2v) is 5.54. The monoisotopic (exact) mass is 390 g/mol. The van der Waals surface area contributed by atoms with E-state index in [0.29, 0.717) is 23.3 Å². The van der Waals surface area contributed by atoms with Crippen LogP contribution >= 0.6 is 27.5 Å². The fourth-order valence-electron chi connectivity index (χ4n) is 1.64. The van der Waals surface area contributed by atoms with Gasteiger partial charge in [-0.2, -0.15) is 0 Å². The van der Waals surface area contributed by atoms with Gasteiger partial charge in [0.15, 0.2) is 0 Å². The number of hydrogen-bond donors (Lipinski definition) is 1. The molecule has 0 aliphatic carbocycles. The minimum absolute atomic E-state index is 0.0110. The van der Waals surface area contributed by atoms with Gasteiger partial charge in [0, 0.05) is 6.54 Å². The van der Waals surface area contributed by atoms with Crippen LogP contribution in [0, 0.1) is 10.1 Å². The fourth-order valence-corrected chi connectivity index (χ4v) is 2.09. The third-order valence-electron chi connectivity index (χ3n) is 2.75. The number of nitro groups is 1. The van der Waals surface area contributed by atoms with Crippen molar-refractivity contribution in [1.29, 1.82) is 0 Å². The molecule has 1 unspecified atom stereocenters. The Morgan fingerprint density at radius 2 is 2.32 bits per heavy atom. The summed E-state index contributed by atoms with van der Waals surface area (Å²) in [6.45, 7) is 0.376. The van der Waals surface area contributed by atoms with Crippen LogP contribution < -0.4 is 4.74 Å². The van der Waals surface area contributed by atoms with Gasteiger partial charge in [-0.25, -0.2) is 4.98 Å². The van der Waals surface area contributed by atoms with E-state index in [1.165, 1.54) is 17.0 Å².